The molecule has 2 nitrogen and oxygen atoms in total. The molecule has 0 aromatic heterocycles. The third-order valence-corrected chi connectivity index (χ3v) is 3.64. The molecule has 0 aliphatic heterocycles. The van der Waals surface area contributed by atoms with Gasteiger partial charge in [-0.3, -0.25) is 0 Å². The van der Waals surface area contributed by atoms with Crippen LogP contribution < -0.4 is 5.73 Å². The quantitative estimate of drug-likeness (QED) is 0.516. The molecule has 0 aliphatic rings. The molecule has 0 amide bonds. The lowest BCUT2D eigenvalue weighted by Gasteiger charge is -2.43. The van der Waals surface area contributed by atoms with Gasteiger partial charge in [0.25, 0.3) is 0 Å². The molecule has 0 aliphatic carbocycles. The van der Waals surface area contributed by atoms with Gasteiger partial charge in [-0.15, -0.1) is 12.3 Å². The van der Waals surface area contributed by atoms with Gasteiger partial charge in [0.05, 0.1) is 0 Å². The SMILES string of the molecule is C#CCCCC(N)C(CC)(CC)N(C)C. The Kier molecular flexibility index (Phi) is 6.63. The summed E-state index contributed by atoms with van der Waals surface area (Å²) in [6, 6.07) is 0.218. The minimum Gasteiger partial charge on any atom is -0.326 e. The maximum atomic E-state index is 6.31. The van der Waals surface area contributed by atoms with Gasteiger partial charge in [-0.2, -0.15) is 0 Å². The van der Waals surface area contributed by atoms with Crippen molar-refractivity contribution in [1.82, 2.24) is 4.90 Å². The zero-order chi connectivity index (χ0) is 11.9. The average molecular weight is 210 g/mol. The first-order chi connectivity index (χ1) is 7.05. The van der Waals surface area contributed by atoms with Crippen LogP contribution >= 0.6 is 0 Å². The highest BCUT2D eigenvalue weighted by Crippen LogP contribution is 2.27. The van der Waals surface area contributed by atoms with Crippen LogP contribution in [0.5, 0.6) is 0 Å². The van der Waals surface area contributed by atoms with Crippen LogP contribution in [-0.2, 0) is 0 Å². The van der Waals surface area contributed by atoms with Gasteiger partial charge in [-0.25, -0.2) is 0 Å². The van der Waals surface area contributed by atoms with Crippen molar-refractivity contribution in [2.45, 2.75) is 57.5 Å². The summed E-state index contributed by atoms with van der Waals surface area (Å²) in [4.78, 5) is 2.27. The molecule has 0 aromatic rings. The molecule has 0 saturated carbocycles. The second kappa shape index (κ2) is 6.87. The zero-order valence-electron chi connectivity index (χ0n) is 10.7. The first-order valence-corrected chi connectivity index (χ1v) is 5.91. The number of nitrogens with two attached hydrogens (primary N) is 1. The molecular weight excluding hydrogens is 184 g/mol. The zero-order valence-corrected chi connectivity index (χ0v) is 10.7. The van der Waals surface area contributed by atoms with E-state index in [0.717, 1.165) is 32.1 Å². The summed E-state index contributed by atoms with van der Waals surface area (Å²) in [6.45, 7) is 4.43. The Labute approximate surface area is 95.2 Å². The summed E-state index contributed by atoms with van der Waals surface area (Å²) in [5.41, 5.74) is 6.44. The van der Waals surface area contributed by atoms with Gasteiger partial charge >= 0.3 is 0 Å². The van der Waals surface area contributed by atoms with E-state index in [0.29, 0.717) is 0 Å². The summed E-state index contributed by atoms with van der Waals surface area (Å²) >= 11 is 0. The minimum atomic E-state index is 0.134. The minimum absolute atomic E-state index is 0.134. The fourth-order valence-corrected chi connectivity index (χ4v) is 2.43. The Morgan fingerprint density at radius 3 is 2.20 bits per heavy atom. The molecule has 2 heteroatoms. The van der Waals surface area contributed by atoms with E-state index in [1.807, 2.05) is 0 Å². The number of nitrogens with zero attached hydrogens (tertiary/aromatic N) is 1. The van der Waals surface area contributed by atoms with Crippen LogP contribution in [0.3, 0.4) is 0 Å². The van der Waals surface area contributed by atoms with Crippen molar-refractivity contribution in [2.75, 3.05) is 14.1 Å². The lowest BCUT2D eigenvalue weighted by molar-refractivity contribution is 0.101. The van der Waals surface area contributed by atoms with Gasteiger partial charge in [0.15, 0.2) is 0 Å². The molecule has 1 unspecified atom stereocenters. The molecule has 88 valence electrons. The number of hydrogen-bond acceptors (Lipinski definition) is 2. The van der Waals surface area contributed by atoms with Crippen LogP contribution in [0.1, 0.15) is 46.0 Å². The Hall–Kier alpha value is -0.520. The molecule has 2 N–H and O–H groups in total. The van der Waals surface area contributed by atoms with E-state index >= 15 is 0 Å². The second-order valence-electron chi connectivity index (χ2n) is 4.41. The lowest BCUT2D eigenvalue weighted by Crippen LogP contribution is -2.56. The van der Waals surface area contributed by atoms with Crippen molar-refractivity contribution in [3.8, 4) is 12.3 Å². The molecular formula is C13H26N2. The second-order valence-corrected chi connectivity index (χ2v) is 4.41. The Morgan fingerprint density at radius 1 is 1.33 bits per heavy atom. The van der Waals surface area contributed by atoms with E-state index in [1.165, 1.54) is 0 Å². The van der Waals surface area contributed by atoms with E-state index in [9.17, 15) is 0 Å². The lowest BCUT2D eigenvalue weighted by atomic mass is 9.81. The fraction of sp³-hybridized carbons (Fsp3) is 0.846. The summed E-state index contributed by atoms with van der Waals surface area (Å²) in [6.07, 6.45) is 10.3. The molecule has 0 bridgehead atoms. The third-order valence-electron chi connectivity index (χ3n) is 3.64. The van der Waals surface area contributed by atoms with Crippen LogP contribution in [0.4, 0.5) is 0 Å². The van der Waals surface area contributed by atoms with Gasteiger partial charge in [0.1, 0.15) is 0 Å². The van der Waals surface area contributed by atoms with Crippen LogP contribution in [0.15, 0.2) is 0 Å². The third kappa shape index (κ3) is 3.52. The molecule has 0 rings (SSSR count). The Balaban J connectivity index is 4.42. The smallest absolute Gasteiger partial charge is 0.0349 e. The topological polar surface area (TPSA) is 29.3 Å². The molecule has 15 heavy (non-hydrogen) atoms. The van der Waals surface area contributed by atoms with Crippen LogP contribution in [-0.4, -0.2) is 30.6 Å². The standard InChI is InChI=1S/C13H26N2/c1-6-9-10-11-12(14)13(7-2,8-3)15(4)5/h1,12H,7-11,14H2,2-5H3. The van der Waals surface area contributed by atoms with Gasteiger partial charge < -0.3 is 10.6 Å². The number of rotatable bonds is 7. The van der Waals surface area contributed by atoms with Gasteiger partial charge in [0, 0.05) is 18.0 Å². The normalized spacial score (nSPS) is 13.9. The van der Waals surface area contributed by atoms with Crippen molar-refractivity contribution in [2.24, 2.45) is 5.73 Å². The molecule has 0 saturated heterocycles. The van der Waals surface area contributed by atoms with E-state index in [-0.39, 0.29) is 11.6 Å². The van der Waals surface area contributed by atoms with E-state index in [1.54, 1.807) is 0 Å². The number of unbranched alkanes of at least 4 members (excludes halogenated alkanes) is 1. The van der Waals surface area contributed by atoms with Crippen molar-refractivity contribution in [3.63, 3.8) is 0 Å². The Morgan fingerprint density at radius 2 is 1.87 bits per heavy atom. The van der Waals surface area contributed by atoms with E-state index < -0.39 is 0 Å². The maximum absolute atomic E-state index is 6.31. The van der Waals surface area contributed by atoms with Crippen molar-refractivity contribution in [1.29, 1.82) is 0 Å². The molecule has 0 radical (unpaired) electrons. The highest BCUT2D eigenvalue weighted by molar-refractivity contribution is 4.95. The number of terminal acetylenes is 1. The molecule has 0 spiro atoms. The molecule has 1 atom stereocenters. The first kappa shape index (κ1) is 14.5. The van der Waals surface area contributed by atoms with Crippen molar-refractivity contribution in [3.05, 3.63) is 0 Å². The van der Waals surface area contributed by atoms with Gasteiger partial charge in [-0.1, -0.05) is 13.8 Å². The predicted octanol–water partition coefficient (Wildman–Crippen LogP) is 2.24. The van der Waals surface area contributed by atoms with Crippen molar-refractivity contribution >= 4 is 0 Å². The van der Waals surface area contributed by atoms with Gasteiger partial charge in [-0.05, 0) is 39.8 Å². The molecule has 0 fully saturated rings. The van der Waals surface area contributed by atoms with E-state index in [2.05, 4.69) is 38.8 Å². The summed E-state index contributed by atoms with van der Waals surface area (Å²) in [5, 5.41) is 0. The molecule has 0 aromatic carbocycles. The summed E-state index contributed by atoms with van der Waals surface area (Å²) < 4.78 is 0. The predicted molar refractivity (Wildman–Crippen MR) is 67.7 cm³/mol. The number of likely N-dealkylation sites (N-methyl/N-ethyl adjacent to an activating group) is 1. The summed E-state index contributed by atoms with van der Waals surface area (Å²) in [7, 11) is 4.24. The average Bonchev–Trinajstić information content (AvgIpc) is 2.20. The van der Waals surface area contributed by atoms with E-state index in [4.69, 9.17) is 12.2 Å². The monoisotopic (exact) mass is 210 g/mol. The molecule has 0 heterocycles. The van der Waals surface area contributed by atoms with Gasteiger partial charge in [0.2, 0.25) is 0 Å². The highest BCUT2D eigenvalue weighted by atomic mass is 15.2. The van der Waals surface area contributed by atoms with Crippen molar-refractivity contribution < 1.29 is 0 Å². The fourth-order valence-electron chi connectivity index (χ4n) is 2.43. The maximum Gasteiger partial charge on any atom is 0.0349 e. The van der Waals surface area contributed by atoms with Crippen LogP contribution in [0.25, 0.3) is 0 Å². The number of hydrogen-bond donors (Lipinski definition) is 1. The van der Waals surface area contributed by atoms with Crippen LogP contribution in [0.2, 0.25) is 0 Å². The summed E-state index contributed by atoms with van der Waals surface area (Å²) in [5.74, 6) is 2.67. The van der Waals surface area contributed by atoms with Crippen LogP contribution in [0, 0.1) is 12.3 Å². The largest absolute Gasteiger partial charge is 0.326 e. The Bertz CT molecular complexity index is 199. The highest BCUT2D eigenvalue weighted by Gasteiger charge is 2.34. The first-order valence-electron chi connectivity index (χ1n) is 5.91.